The first-order valence-electron chi connectivity index (χ1n) is 8.86. The zero-order valence-corrected chi connectivity index (χ0v) is 15.8. The van der Waals surface area contributed by atoms with Crippen LogP contribution in [0.3, 0.4) is 0 Å². The fourth-order valence-electron chi connectivity index (χ4n) is 3.54. The zero-order valence-electron chi connectivity index (χ0n) is 15.0. The zero-order chi connectivity index (χ0) is 19.0. The van der Waals surface area contributed by atoms with Crippen molar-refractivity contribution in [3.05, 3.63) is 66.7 Å². The molecule has 1 aliphatic heterocycles. The van der Waals surface area contributed by atoms with Crippen LogP contribution in [0.25, 0.3) is 10.8 Å². The van der Waals surface area contributed by atoms with E-state index in [1.54, 1.807) is 24.1 Å². The van der Waals surface area contributed by atoms with Crippen LogP contribution in [0.1, 0.15) is 12.8 Å². The maximum Gasteiger partial charge on any atom is 0.265 e. The summed E-state index contributed by atoms with van der Waals surface area (Å²) in [6.45, 7) is 0.282. The molecular weight excluding hydrogens is 360 g/mol. The van der Waals surface area contributed by atoms with Crippen LogP contribution >= 0.6 is 0 Å². The molecule has 1 amide bonds. The fourth-order valence-corrected chi connectivity index (χ4v) is 5.29. The maximum absolute atomic E-state index is 12.9. The minimum absolute atomic E-state index is 0.0338. The highest BCUT2D eigenvalue weighted by molar-refractivity contribution is 7.93. The molecule has 4 rings (SSSR count). The molecule has 27 heavy (non-hydrogen) atoms. The van der Waals surface area contributed by atoms with Crippen molar-refractivity contribution in [2.45, 2.75) is 17.7 Å². The fraction of sp³-hybridized carbons (Fsp3) is 0.190. The summed E-state index contributed by atoms with van der Waals surface area (Å²) in [4.78, 5) is 14.4. The Morgan fingerprint density at radius 1 is 0.963 bits per heavy atom. The van der Waals surface area contributed by atoms with Crippen LogP contribution in [0.15, 0.2) is 71.6 Å². The molecule has 138 valence electrons. The normalized spacial score (nSPS) is 14.5. The molecule has 6 heteroatoms. The number of amides is 1. The molecule has 0 spiro atoms. The summed E-state index contributed by atoms with van der Waals surface area (Å²) in [6.07, 6.45) is 0.739. The van der Waals surface area contributed by atoms with E-state index < -0.39 is 10.0 Å². The van der Waals surface area contributed by atoms with Gasteiger partial charge < -0.3 is 4.90 Å². The number of carbonyl (C=O) groups excluding carboxylic acids is 1. The average molecular weight is 380 g/mol. The molecule has 0 bridgehead atoms. The van der Waals surface area contributed by atoms with Gasteiger partial charge in [0.1, 0.15) is 0 Å². The molecule has 0 aliphatic carbocycles. The van der Waals surface area contributed by atoms with Crippen molar-refractivity contribution in [3.8, 4) is 0 Å². The topological polar surface area (TPSA) is 57.7 Å². The number of hydrogen-bond acceptors (Lipinski definition) is 3. The van der Waals surface area contributed by atoms with Crippen molar-refractivity contribution < 1.29 is 13.2 Å². The number of nitrogens with zero attached hydrogens (tertiary/aromatic N) is 2. The Balaban J connectivity index is 1.50. The lowest BCUT2D eigenvalue weighted by Gasteiger charge is -2.20. The summed E-state index contributed by atoms with van der Waals surface area (Å²) in [7, 11) is -1.82. The molecule has 3 aromatic carbocycles. The van der Waals surface area contributed by atoms with Gasteiger partial charge in [0.25, 0.3) is 10.0 Å². The first-order valence-corrected chi connectivity index (χ1v) is 10.3. The second-order valence-electron chi connectivity index (χ2n) is 6.60. The molecule has 0 N–H and O–H groups in total. The number of anilines is 2. The van der Waals surface area contributed by atoms with Crippen molar-refractivity contribution >= 4 is 38.1 Å². The largest absolute Gasteiger partial charge is 0.316 e. The Morgan fingerprint density at radius 3 is 2.41 bits per heavy atom. The molecule has 0 saturated heterocycles. The molecule has 0 atom stereocenters. The highest BCUT2D eigenvalue weighted by Crippen LogP contribution is 2.41. The van der Waals surface area contributed by atoms with Gasteiger partial charge in [0.05, 0.1) is 10.6 Å². The minimum Gasteiger partial charge on any atom is -0.316 e. The van der Waals surface area contributed by atoms with E-state index in [-0.39, 0.29) is 18.9 Å². The minimum atomic E-state index is -3.56. The second kappa shape index (κ2) is 6.70. The molecule has 1 aliphatic rings. The standard InChI is InChI=1S/C21H20N2O3S/c1-22(17-10-3-2-4-11-17)20(24)14-7-15-23-18-12-5-8-16-9-6-13-19(21(16)18)27(23,25)26/h2-6,8-13H,7,14-15H2,1H3. The highest BCUT2D eigenvalue weighted by Gasteiger charge is 2.35. The maximum atomic E-state index is 12.9. The summed E-state index contributed by atoms with van der Waals surface area (Å²) >= 11 is 0. The Hall–Kier alpha value is -2.86. The Morgan fingerprint density at radius 2 is 1.67 bits per heavy atom. The predicted molar refractivity (Wildman–Crippen MR) is 108 cm³/mol. The van der Waals surface area contributed by atoms with Crippen molar-refractivity contribution in [3.63, 3.8) is 0 Å². The van der Waals surface area contributed by atoms with E-state index in [0.29, 0.717) is 17.0 Å². The number of rotatable bonds is 5. The summed E-state index contributed by atoms with van der Waals surface area (Å²) < 4.78 is 27.3. The van der Waals surface area contributed by atoms with E-state index >= 15 is 0 Å². The van der Waals surface area contributed by atoms with Crippen LogP contribution in [0.2, 0.25) is 0 Å². The summed E-state index contributed by atoms with van der Waals surface area (Å²) in [5.74, 6) is -0.0338. The smallest absolute Gasteiger partial charge is 0.265 e. The Labute approximate surface area is 158 Å². The van der Waals surface area contributed by atoms with Crippen molar-refractivity contribution in [1.29, 1.82) is 0 Å². The third-order valence-electron chi connectivity index (χ3n) is 4.95. The number of hydrogen-bond donors (Lipinski definition) is 0. The lowest BCUT2D eigenvalue weighted by Crippen LogP contribution is -2.30. The number of benzene rings is 3. The Kier molecular flexibility index (Phi) is 4.36. The van der Waals surface area contributed by atoms with Gasteiger partial charge in [0, 0.05) is 31.1 Å². The summed E-state index contributed by atoms with van der Waals surface area (Å²) in [5, 5.41) is 1.68. The Bertz CT molecular complexity index is 1110. The van der Waals surface area contributed by atoms with Crippen LogP contribution in [-0.4, -0.2) is 27.9 Å². The van der Waals surface area contributed by atoms with Gasteiger partial charge >= 0.3 is 0 Å². The highest BCUT2D eigenvalue weighted by atomic mass is 32.2. The number of para-hydroxylation sites is 1. The van der Waals surface area contributed by atoms with Gasteiger partial charge in [-0.25, -0.2) is 8.42 Å². The molecule has 0 fully saturated rings. The van der Waals surface area contributed by atoms with E-state index in [2.05, 4.69) is 0 Å². The molecule has 0 aromatic heterocycles. The van der Waals surface area contributed by atoms with Crippen molar-refractivity contribution in [2.24, 2.45) is 0 Å². The molecular formula is C21H20N2O3S. The van der Waals surface area contributed by atoms with Crippen molar-refractivity contribution in [1.82, 2.24) is 0 Å². The van der Waals surface area contributed by atoms with Gasteiger partial charge in [0.2, 0.25) is 5.91 Å². The summed E-state index contributed by atoms with van der Waals surface area (Å²) in [5.41, 5.74) is 1.53. The lowest BCUT2D eigenvalue weighted by atomic mass is 10.1. The average Bonchev–Trinajstić information content (AvgIpc) is 2.91. The van der Waals surface area contributed by atoms with Crippen LogP contribution in [0, 0.1) is 0 Å². The van der Waals surface area contributed by atoms with E-state index in [4.69, 9.17) is 0 Å². The third kappa shape index (κ3) is 2.96. The molecule has 0 unspecified atom stereocenters. The molecule has 0 radical (unpaired) electrons. The first kappa shape index (κ1) is 17.5. The third-order valence-corrected chi connectivity index (χ3v) is 6.81. The van der Waals surface area contributed by atoms with Crippen LogP contribution in [-0.2, 0) is 14.8 Å². The van der Waals surface area contributed by atoms with Crippen molar-refractivity contribution in [2.75, 3.05) is 22.8 Å². The quantitative estimate of drug-likeness (QED) is 0.677. The van der Waals surface area contributed by atoms with Gasteiger partial charge in [-0.05, 0) is 36.1 Å². The van der Waals surface area contributed by atoms with E-state index in [9.17, 15) is 13.2 Å². The van der Waals surface area contributed by atoms with Crippen LogP contribution in [0.4, 0.5) is 11.4 Å². The molecule has 1 heterocycles. The van der Waals surface area contributed by atoms with Gasteiger partial charge in [-0.2, -0.15) is 0 Å². The molecule has 5 nitrogen and oxygen atoms in total. The van der Waals surface area contributed by atoms with Gasteiger partial charge in [-0.1, -0.05) is 42.5 Å². The van der Waals surface area contributed by atoms with E-state index in [1.807, 2.05) is 54.6 Å². The number of sulfonamides is 1. The van der Waals surface area contributed by atoms with Gasteiger partial charge in [-0.15, -0.1) is 0 Å². The first-order chi connectivity index (χ1) is 13.0. The molecule has 0 saturated carbocycles. The van der Waals surface area contributed by atoms with E-state index in [0.717, 1.165) is 16.5 Å². The monoisotopic (exact) mass is 380 g/mol. The SMILES string of the molecule is CN(C(=O)CCCN1c2cccc3cccc(c23)S1(=O)=O)c1ccccc1. The number of carbonyl (C=O) groups is 1. The predicted octanol–water partition coefficient (Wildman–Crippen LogP) is 3.79. The van der Waals surface area contributed by atoms with Crippen LogP contribution in [0.5, 0.6) is 0 Å². The lowest BCUT2D eigenvalue weighted by molar-refractivity contribution is -0.118. The van der Waals surface area contributed by atoms with E-state index in [1.165, 1.54) is 4.31 Å². The summed E-state index contributed by atoms with van der Waals surface area (Å²) in [6, 6.07) is 20.4. The van der Waals surface area contributed by atoms with Gasteiger partial charge in [0.15, 0.2) is 0 Å². The van der Waals surface area contributed by atoms with Crippen LogP contribution < -0.4 is 9.21 Å². The second-order valence-corrected chi connectivity index (χ2v) is 8.43. The molecule has 3 aromatic rings. The van der Waals surface area contributed by atoms with Gasteiger partial charge in [-0.3, -0.25) is 9.10 Å².